The van der Waals surface area contributed by atoms with Gasteiger partial charge in [0.15, 0.2) is 9.84 Å². The molecule has 0 bridgehead atoms. The number of benzene rings is 2. The van der Waals surface area contributed by atoms with Crippen molar-refractivity contribution in [1.29, 1.82) is 0 Å². The van der Waals surface area contributed by atoms with Crippen LogP contribution in [-0.2, 0) is 14.6 Å². The highest BCUT2D eigenvalue weighted by Gasteiger charge is 2.49. The van der Waals surface area contributed by atoms with Crippen LogP contribution in [0.3, 0.4) is 0 Å². The number of urea groups is 1. The molecule has 2 N–H and O–H groups in total. The molecule has 0 radical (unpaired) electrons. The van der Waals surface area contributed by atoms with E-state index in [1.54, 1.807) is 13.8 Å². The van der Waals surface area contributed by atoms with E-state index in [0.717, 1.165) is 4.90 Å². The maximum Gasteiger partial charge on any atom is 0.404 e. The molecule has 0 spiro atoms. The van der Waals surface area contributed by atoms with Gasteiger partial charge < -0.3 is 20.1 Å². The molecule has 188 valence electrons. The first-order valence-corrected chi connectivity index (χ1v) is 12.3. The van der Waals surface area contributed by atoms with Gasteiger partial charge in [0, 0.05) is 7.05 Å². The van der Waals surface area contributed by atoms with Crippen molar-refractivity contribution < 1.29 is 37.0 Å². The molecule has 1 saturated heterocycles. The molecule has 0 aromatic heterocycles. The Morgan fingerprint density at radius 1 is 1.09 bits per heavy atom. The molecule has 1 aliphatic rings. The number of nitrogens with one attached hydrogen (secondary N) is 1. The molecule has 0 unspecified atom stereocenters. The van der Waals surface area contributed by atoms with Gasteiger partial charge in [-0.2, -0.15) is 0 Å². The van der Waals surface area contributed by atoms with Gasteiger partial charge in [0.05, 0.1) is 23.2 Å². The van der Waals surface area contributed by atoms with E-state index >= 15 is 0 Å². The molecule has 0 saturated carbocycles. The van der Waals surface area contributed by atoms with Crippen LogP contribution >= 0.6 is 0 Å². The largest absolute Gasteiger partial charge is 0.465 e. The van der Waals surface area contributed by atoms with Crippen molar-refractivity contribution in [3.8, 4) is 11.5 Å². The van der Waals surface area contributed by atoms with Gasteiger partial charge in [-0.1, -0.05) is 0 Å². The number of carboxylic acid groups (broad SMARTS) is 1. The summed E-state index contributed by atoms with van der Waals surface area (Å²) in [4.78, 5) is 38.5. The zero-order valence-corrected chi connectivity index (χ0v) is 20.2. The number of carbonyl (C=O) groups is 3. The van der Waals surface area contributed by atoms with Gasteiger partial charge in [-0.15, -0.1) is 0 Å². The number of imide groups is 1. The number of halogens is 1. The van der Waals surface area contributed by atoms with Crippen LogP contribution in [0.25, 0.3) is 0 Å². The van der Waals surface area contributed by atoms with E-state index in [-0.39, 0.29) is 17.9 Å². The summed E-state index contributed by atoms with van der Waals surface area (Å²) in [6.45, 7) is 2.85. The lowest BCUT2D eigenvalue weighted by Gasteiger charge is -2.23. The van der Waals surface area contributed by atoms with E-state index in [4.69, 9.17) is 9.84 Å². The highest BCUT2D eigenvalue weighted by molar-refractivity contribution is 7.91. The Kier molecular flexibility index (Phi) is 7.34. The number of likely N-dealkylation sites (N-methyl/N-ethyl adjacent to an activating group) is 1. The Bertz CT molecular complexity index is 1210. The summed E-state index contributed by atoms with van der Waals surface area (Å²) in [6, 6.07) is 9.35. The van der Waals surface area contributed by atoms with Crippen LogP contribution in [0.15, 0.2) is 53.4 Å². The van der Waals surface area contributed by atoms with Crippen LogP contribution in [-0.4, -0.2) is 72.3 Å². The summed E-state index contributed by atoms with van der Waals surface area (Å²) in [5.41, 5.74) is -1.09. The molecular formula is C23H26FN3O7S. The molecule has 0 aliphatic carbocycles. The van der Waals surface area contributed by atoms with Gasteiger partial charge in [-0.05, 0) is 68.8 Å². The summed E-state index contributed by atoms with van der Waals surface area (Å²) < 4.78 is 44.2. The number of nitrogens with zero attached hydrogens (tertiary/aromatic N) is 2. The van der Waals surface area contributed by atoms with Crippen LogP contribution in [0.4, 0.5) is 14.0 Å². The first-order chi connectivity index (χ1) is 16.3. The van der Waals surface area contributed by atoms with Crippen molar-refractivity contribution in [3.05, 3.63) is 54.3 Å². The Balaban J connectivity index is 1.67. The maximum absolute atomic E-state index is 13.0. The monoisotopic (exact) mass is 507 g/mol. The Labute approximate surface area is 202 Å². The molecule has 1 aliphatic heterocycles. The predicted molar refractivity (Wildman–Crippen MR) is 123 cm³/mol. The zero-order chi connectivity index (χ0) is 26.0. The zero-order valence-electron chi connectivity index (χ0n) is 19.4. The summed E-state index contributed by atoms with van der Waals surface area (Å²) in [5.74, 6) is -0.611. The average molecular weight is 508 g/mol. The number of rotatable bonds is 9. The van der Waals surface area contributed by atoms with Gasteiger partial charge in [0.2, 0.25) is 0 Å². The summed E-state index contributed by atoms with van der Waals surface area (Å²) in [5, 5.41) is 11.4. The van der Waals surface area contributed by atoms with Crippen molar-refractivity contribution in [3.63, 3.8) is 0 Å². The predicted octanol–water partition coefficient (Wildman–Crippen LogP) is 3.09. The fourth-order valence-electron chi connectivity index (χ4n) is 3.51. The minimum absolute atomic E-state index is 0.00720. The average Bonchev–Trinajstić information content (AvgIpc) is 2.94. The minimum Gasteiger partial charge on any atom is -0.465 e. The number of carbonyl (C=O) groups excluding carboxylic acids is 2. The van der Waals surface area contributed by atoms with Gasteiger partial charge in [0.25, 0.3) is 5.91 Å². The standard InChI is InChI=1S/C23H26FN3O7S/c1-23(2)20(28)27(22(31)26(23)3)14-16(25-21(29)30)12-13-35(32,33)19-10-8-18(9-11-19)34-17-6-4-15(24)5-7-17/h4-11,16,25H,12-14H2,1-3H3,(H,29,30)/t16-/m1/s1. The smallest absolute Gasteiger partial charge is 0.404 e. The van der Waals surface area contributed by atoms with Crippen molar-refractivity contribution in [2.75, 3.05) is 19.3 Å². The lowest BCUT2D eigenvalue weighted by atomic mass is 10.0. The first kappa shape index (κ1) is 25.9. The second-order valence-corrected chi connectivity index (χ2v) is 10.7. The van der Waals surface area contributed by atoms with Gasteiger partial charge in [-0.3, -0.25) is 9.69 Å². The molecule has 35 heavy (non-hydrogen) atoms. The number of amides is 4. The van der Waals surface area contributed by atoms with Gasteiger partial charge >= 0.3 is 12.1 Å². The van der Waals surface area contributed by atoms with Crippen LogP contribution < -0.4 is 10.1 Å². The molecule has 1 heterocycles. The summed E-state index contributed by atoms with van der Waals surface area (Å²) >= 11 is 0. The molecule has 4 amide bonds. The Morgan fingerprint density at radius 3 is 2.11 bits per heavy atom. The van der Waals surface area contributed by atoms with E-state index in [0.29, 0.717) is 11.5 Å². The molecule has 2 aromatic rings. The number of hydrogen-bond donors (Lipinski definition) is 2. The molecular weight excluding hydrogens is 481 g/mol. The minimum atomic E-state index is -3.82. The van der Waals surface area contributed by atoms with E-state index in [9.17, 15) is 27.2 Å². The number of ether oxygens (including phenoxy) is 1. The highest BCUT2D eigenvalue weighted by atomic mass is 32.2. The van der Waals surface area contributed by atoms with Crippen molar-refractivity contribution in [1.82, 2.24) is 15.1 Å². The Morgan fingerprint density at radius 2 is 1.63 bits per heavy atom. The third-order valence-electron chi connectivity index (χ3n) is 5.82. The third-order valence-corrected chi connectivity index (χ3v) is 7.59. The van der Waals surface area contributed by atoms with Crippen LogP contribution in [0.2, 0.25) is 0 Å². The maximum atomic E-state index is 13.0. The molecule has 1 atom stereocenters. The number of sulfone groups is 1. The third kappa shape index (κ3) is 5.88. The first-order valence-electron chi connectivity index (χ1n) is 10.7. The van der Waals surface area contributed by atoms with Crippen molar-refractivity contribution in [2.45, 2.75) is 36.7 Å². The van der Waals surface area contributed by atoms with E-state index in [1.165, 1.54) is 60.5 Å². The topological polar surface area (TPSA) is 133 Å². The number of hydrogen-bond acceptors (Lipinski definition) is 6. The molecule has 1 fully saturated rings. The van der Waals surface area contributed by atoms with Crippen LogP contribution in [0, 0.1) is 5.82 Å². The van der Waals surface area contributed by atoms with Crippen molar-refractivity contribution >= 4 is 27.9 Å². The van der Waals surface area contributed by atoms with Gasteiger partial charge in [0.1, 0.15) is 22.9 Å². The summed E-state index contributed by atoms with van der Waals surface area (Å²) in [7, 11) is -2.35. The molecule has 2 aromatic carbocycles. The van der Waals surface area contributed by atoms with Gasteiger partial charge in [-0.25, -0.2) is 22.4 Å². The fourth-order valence-corrected chi connectivity index (χ4v) is 4.90. The van der Waals surface area contributed by atoms with E-state index < -0.39 is 51.0 Å². The molecule has 3 rings (SSSR count). The Hall–Kier alpha value is -3.67. The lowest BCUT2D eigenvalue weighted by Crippen LogP contribution is -2.47. The molecule has 12 heteroatoms. The van der Waals surface area contributed by atoms with Crippen LogP contribution in [0.1, 0.15) is 20.3 Å². The molecule has 10 nitrogen and oxygen atoms in total. The fraction of sp³-hybridized carbons (Fsp3) is 0.348. The van der Waals surface area contributed by atoms with Crippen molar-refractivity contribution in [2.24, 2.45) is 0 Å². The second-order valence-electron chi connectivity index (χ2n) is 8.60. The normalized spacial score (nSPS) is 16.3. The lowest BCUT2D eigenvalue weighted by molar-refractivity contribution is -0.131. The highest BCUT2D eigenvalue weighted by Crippen LogP contribution is 2.27. The quantitative estimate of drug-likeness (QED) is 0.498. The van der Waals surface area contributed by atoms with Crippen LogP contribution in [0.5, 0.6) is 11.5 Å². The van der Waals surface area contributed by atoms with E-state index in [2.05, 4.69) is 5.32 Å². The summed E-state index contributed by atoms with van der Waals surface area (Å²) in [6.07, 6.45) is -1.56. The second kappa shape index (κ2) is 9.90. The van der Waals surface area contributed by atoms with E-state index in [1.807, 2.05) is 0 Å². The SMILES string of the molecule is CN1C(=O)N(C[C@@H](CCS(=O)(=O)c2ccc(Oc3ccc(F)cc3)cc2)NC(=O)O)C(=O)C1(C)C.